The van der Waals surface area contributed by atoms with Gasteiger partial charge < -0.3 is 15.3 Å². The molecule has 1 fully saturated rings. The van der Waals surface area contributed by atoms with Crippen LogP contribution < -0.4 is 5.32 Å². The Bertz CT molecular complexity index is 524. The predicted molar refractivity (Wildman–Crippen MR) is 93.1 cm³/mol. The zero-order valence-corrected chi connectivity index (χ0v) is 14.5. The van der Waals surface area contributed by atoms with Crippen molar-refractivity contribution in [1.82, 2.24) is 10.2 Å². The van der Waals surface area contributed by atoms with Crippen LogP contribution in [0, 0.1) is 5.82 Å². The lowest BCUT2D eigenvalue weighted by molar-refractivity contribution is -0.123. The number of piperidine rings is 1. The number of hydrogen-bond donors (Lipinski definition) is 2. The number of nitrogens with one attached hydrogen (secondary N) is 1. The summed E-state index contributed by atoms with van der Waals surface area (Å²) in [5.41, 5.74) is 0.434. The van der Waals surface area contributed by atoms with Crippen molar-refractivity contribution in [3.05, 3.63) is 35.6 Å². The molecule has 0 aliphatic carbocycles. The van der Waals surface area contributed by atoms with Crippen molar-refractivity contribution in [3.8, 4) is 0 Å². The second-order valence-corrected chi connectivity index (χ2v) is 6.71. The molecule has 2 atom stereocenters. The van der Waals surface area contributed by atoms with Gasteiger partial charge in [0.05, 0.1) is 12.5 Å². The summed E-state index contributed by atoms with van der Waals surface area (Å²) in [6, 6.07) is 6.42. The van der Waals surface area contributed by atoms with Crippen LogP contribution in [0.2, 0.25) is 0 Å². The molecule has 0 saturated carbocycles. The number of likely N-dealkylation sites (tertiary alicyclic amines) is 1. The maximum Gasteiger partial charge on any atom is 0.222 e. The Balaban J connectivity index is 1.59. The normalized spacial score (nSPS) is 19.9. The highest BCUT2D eigenvalue weighted by molar-refractivity contribution is 5.76. The highest BCUT2D eigenvalue weighted by Gasteiger charge is 2.17. The minimum absolute atomic E-state index is 0.0351. The zero-order valence-electron chi connectivity index (χ0n) is 14.5. The molecule has 1 aromatic rings. The van der Waals surface area contributed by atoms with E-state index < -0.39 is 11.9 Å². The van der Waals surface area contributed by atoms with E-state index in [4.69, 9.17) is 0 Å². The van der Waals surface area contributed by atoms with Gasteiger partial charge in [-0.05, 0) is 63.4 Å². The van der Waals surface area contributed by atoms with Crippen LogP contribution in [0.1, 0.15) is 57.1 Å². The van der Waals surface area contributed by atoms with Crippen molar-refractivity contribution in [2.45, 2.75) is 57.6 Å². The standard InChI is InChI=1S/C19H29FN2O2/c1-15-7-2-4-11-22(15)12-5-3-10-21-19(24)14-18(23)16-8-6-9-17(20)13-16/h6,8-9,13,15,18,23H,2-5,7,10-12,14H2,1H3,(H,21,24). The quantitative estimate of drug-likeness (QED) is 0.718. The highest BCUT2D eigenvalue weighted by Crippen LogP contribution is 2.18. The second-order valence-electron chi connectivity index (χ2n) is 6.71. The SMILES string of the molecule is CC1CCCCN1CCCCNC(=O)CC(O)c1cccc(F)c1. The van der Waals surface area contributed by atoms with Crippen molar-refractivity contribution in [1.29, 1.82) is 0 Å². The first-order chi connectivity index (χ1) is 11.6. The monoisotopic (exact) mass is 336 g/mol. The van der Waals surface area contributed by atoms with Crippen LogP contribution >= 0.6 is 0 Å². The van der Waals surface area contributed by atoms with Gasteiger partial charge in [-0.3, -0.25) is 4.79 Å². The van der Waals surface area contributed by atoms with Gasteiger partial charge in [0, 0.05) is 12.6 Å². The smallest absolute Gasteiger partial charge is 0.222 e. The lowest BCUT2D eigenvalue weighted by atomic mass is 10.0. The number of hydrogen-bond acceptors (Lipinski definition) is 3. The van der Waals surface area contributed by atoms with E-state index in [1.807, 2.05) is 0 Å². The molecule has 0 spiro atoms. The van der Waals surface area contributed by atoms with Gasteiger partial charge in [-0.15, -0.1) is 0 Å². The van der Waals surface area contributed by atoms with E-state index in [2.05, 4.69) is 17.1 Å². The van der Waals surface area contributed by atoms with Gasteiger partial charge in [-0.25, -0.2) is 4.39 Å². The lowest BCUT2D eigenvalue weighted by Crippen LogP contribution is -2.38. The highest BCUT2D eigenvalue weighted by atomic mass is 19.1. The van der Waals surface area contributed by atoms with Crippen molar-refractivity contribution < 1.29 is 14.3 Å². The Kier molecular flexibility index (Phi) is 7.66. The molecule has 5 heteroatoms. The van der Waals surface area contributed by atoms with Gasteiger partial charge in [-0.1, -0.05) is 18.6 Å². The summed E-state index contributed by atoms with van der Waals surface area (Å²) in [5.74, 6) is -0.600. The largest absolute Gasteiger partial charge is 0.388 e. The number of carbonyl (C=O) groups excluding carboxylic acids is 1. The summed E-state index contributed by atoms with van der Waals surface area (Å²) in [5, 5.41) is 12.8. The van der Waals surface area contributed by atoms with Gasteiger partial charge in [0.25, 0.3) is 0 Å². The van der Waals surface area contributed by atoms with E-state index in [-0.39, 0.29) is 12.3 Å². The number of carbonyl (C=O) groups is 1. The number of rotatable bonds is 8. The maximum absolute atomic E-state index is 13.1. The van der Waals surface area contributed by atoms with E-state index in [1.54, 1.807) is 6.07 Å². The van der Waals surface area contributed by atoms with Crippen LogP contribution in [0.4, 0.5) is 4.39 Å². The van der Waals surface area contributed by atoms with Crippen molar-refractivity contribution >= 4 is 5.91 Å². The molecule has 24 heavy (non-hydrogen) atoms. The van der Waals surface area contributed by atoms with Gasteiger partial charge in [0.15, 0.2) is 0 Å². The summed E-state index contributed by atoms with van der Waals surface area (Å²) in [6.45, 7) is 5.18. The van der Waals surface area contributed by atoms with Gasteiger partial charge in [0.1, 0.15) is 5.82 Å². The average Bonchev–Trinajstić information content (AvgIpc) is 2.56. The Hall–Kier alpha value is -1.46. The average molecular weight is 336 g/mol. The Labute approximate surface area is 144 Å². The molecule has 0 radical (unpaired) electrons. The minimum Gasteiger partial charge on any atom is -0.388 e. The summed E-state index contributed by atoms with van der Waals surface area (Å²) in [6.07, 6.45) is 4.92. The van der Waals surface area contributed by atoms with Crippen LogP contribution in [-0.2, 0) is 4.79 Å². The van der Waals surface area contributed by atoms with Crippen LogP contribution in [0.25, 0.3) is 0 Å². The number of aliphatic hydroxyl groups is 1. The fourth-order valence-corrected chi connectivity index (χ4v) is 3.24. The summed E-state index contributed by atoms with van der Waals surface area (Å²) in [4.78, 5) is 14.4. The number of aliphatic hydroxyl groups excluding tert-OH is 1. The van der Waals surface area contributed by atoms with Gasteiger partial charge >= 0.3 is 0 Å². The fourth-order valence-electron chi connectivity index (χ4n) is 3.24. The van der Waals surface area contributed by atoms with Crippen LogP contribution in [0.15, 0.2) is 24.3 Å². The van der Waals surface area contributed by atoms with Crippen LogP contribution in [-0.4, -0.2) is 41.6 Å². The molecule has 0 aromatic heterocycles. The first kappa shape index (κ1) is 18.9. The molecular formula is C19H29FN2O2. The van der Waals surface area contributed by atoms with Gasteiger partial charge in [0.2, 0.25) is 5.91 Å². The third kappa shape index (κ3) is 6.21. The fraction of sp³-hybridized carbons (Fsp3) is 0.632. The van der Waals surface area contributed by atoms with E-state index in [0.717, 1.165) is 19.4 Å². The number of unbranched alkanes of at least 4 members (excludes halogenated alkanes) is 1. The maximum atomic E-state index is 13.1. The van der Waals surface area contributed by atoms with E-state index in [9.17, 15) is 14.3 Å². The number of amides is 1. The molecule has 1 aliphatic rings. The molecule has 1 amide bonds. The predicted octanol–water partition coefficient (Wildman–Crippen LogP) is 3.02. The number of benzene rings is 1. The molecule has 1 saturated heterocycles. The molecule has 4 nitrogen and oxygen atoms in total. The molecule has 1 aliphatic heterocycles. The zero-order chi connectivity index (χ0) is 17.4. The topological polar surface area (TPSA) is 52.6 Å². The van der Waals surface area contributed by atoms with Crippen molar-refractivity contribution in [2.75, 3.05) is 19.6 Å². The van der Waals surface area contributed by atoms with Gasteiger partial charge in [-0.2, -0.15) is 0 Å². The molecule has 2 unspecified atom stereocenters. The minimum atomic E-state index is -0.963. The molecule has 134 valence electrons. The first-order valence-corrected chi connectivity index (χ1v) is 9.00. The van der Waals surface area contributed by atoms with E-state index in [1.165, 1.54) is 44.0 Å². The third-order valence-electron chi connectivity index (χ3n) is 4.75. The Morgan fingerprint density at radius 2 is 2.25 bits per heavy atom. The molecule has 2 N–H and O–H groups in total. The summed E-state index contributed by atoms with van der Waals surface area (Å²) >= 11 is 0. The molecule has 1 heterocycles. The summed E-state index contributed by atoms with van der Waals surface area (Å²) in [7, 11) is 0. The molecule has 0 bridgehead atoms. The van der Waals surface area contributed by atoms with Crippen molar-refractivity contribution in [3.63, 3.8) is 0 Å². The first-order valence-electron chi connectivity index (χ1n) is 9.00. The third-order valence-corrected chi connectivity index (χ3v) is 4.75. The summed E-state index contributed by atoms with van der Waals surface area (Å²) < 4.78 is 13.1. The molecule has 1 aromatic carbocycles. The second kappa shape index (κ2) is 9.74. The lowest BCUT2D eigenvalue weighted by Gasteiger charge is -2.33. The van der Waals surface area contributed by atoms with E-state index >= 15 is 0 Å². The van der Waals surface area contributed by atoms with Crippen LogP contribution in [0.3, 0.4) is 0 Å². The molecular weight excluding hydrogens is 307 g/mol. The van der Waals surface area contributed by atoms with Crippen molar-refractivity contribution in [2.24, 2.45) is 0 Å². The number of halogens is 1. The Morgan fingerprint density at radius 1 is 1.42 bits per heavy atom. The Morgan fingerprint density at radius 3 is 3.00 bits per heavy atom. The molecule has 2 rings (SSSR count). The van der Waals surface area contributed by atoms with Crippen LogP contribution in [0.5, 0.6) is 0 Å². The van der Waals surface area contributed by atoms with E-state index in [0.29, 0.717) is 18.2 Å². The number of nitrogens with zero attached hydrogens (tertiary/aromatic N) is 1.